The molecule has 0 radical (unpaired) electrons. The van der Waals surface area contributed by atoms with E-state index in [1.54, 1.807) is 6.20 Å². The highest BCUT2D eigenvalue weighted by Crippen LogP contribution is 2.25. The molecule has 1 aliphatic heterocycles. The van der Waals surface area contributed by atoms with E-state index in [9.17, 15) is 4.79 Å². The summed E-state index contributed by atoms with van der Waals surface area (Å²) < 4.78 is 9.33. The van der Waals surface area contributed by atoms with Crippen LogP contribution in [0.5, 0.6) is 0 Å². The van der Waals surface area contributed by atoms with Crippen LogP contribution in [0.25, 0.3) is 10.9 Å². The van der Waals surface area contributed by atoms with Crippen molar-refractivity contribution in [2.45, 2.75) is 38.8 Å². The van der Waals surface area contributed by atoms with Crippen LogP contribution in [0, 0.1) is 5.92 Å². The fourth-order valence-electron chi connectivity index (χ4n) is 5.33. The van der Waals surface area contributed by atoms with E-state index in [4.69, 9.17) is 4.74 Å². The predicted molar refractivity (Wildman–Crippen MR) is 139 cm³/mol. The van der Waals surface area contributed by atoms with Gasteiger partial charge < -0.3 is 18.8 Å². The molecule has 6 nitrogen and oxygen atoms in total. The van der Waals surface area contributed by atoms with Crippen molar-refractivity contribution in [3.63, 3.8) is 0 Å². The second kappa shape index (κ2) is 10.9. The molecular formula is C29H34N4O2. The number of likely N-dealkylation sites (tertiary alicyclic amines) is 1. The van der Waals surface area contributed by atoms with E-state index in [1.165, 1.54) is 56.0 Å². The summed E-state index contributed by atoms with van der Waals surface area (Å²) in [6.07, 6.45) is 12.7. The number of esters is 1. The zero-order valence-electron chi connectivity index (χ0n) is 20.5. The molecule has 1 fully saturated rings. The Morgan fingerprint density at radius 2 is 1.91 bits per heavy atom. The fraction of sp³-hybridized carbons (Fsp3) is 0.379. The lowest BCUT2D eigenvalue weighted by Crippen LogP contribution is -2.35. The Bertz CT molecular complexity index is 1240. The lowest BCUT2D eigenvalue weighted by atomic mass is 9.90. The van der Waals surface area contributed by atoms with Gasteiger partial charge in [-0.2, -0.15) is 0 Å². The second-order valence-corrected chi connectivity index (χ2v) is 9.63. The molecule has 0 bridgehead atoms. The van der Waals surface area contributed by atoms with Gasteiger partial charge in [-0.25, -0.2) is 9.78 Å². The molecule has 6 heteroatoms. The van der Waals surface area contributed by atoms with Gasteiger partial charge in [0.25, 0.3) is 0 Å². The maximum atomic E-state index is 12.1. The van der Waals surface area contributed by atoms with E-state index in [2.05, 4.69) is 55.5 Å². The Morgan fingerprint density at radius 3 is 2.66 bits per heavy atom. The van der Waals surface area contributed by atoms with E-state index >= 15 is 0 Å². The molecule has 0 saturated carbocycles. The van der Waals surface area contributed by atoms with Gasteiger partial charge in [0.05, 0.1) is 25.5 Å². The molecule has 4 aromatic rings. The van der Waals surface area contributed by atoms with Gasteiger partial charge in [-0.15, -0.1) is 0 Å². The van der Waals surface area contributed by atoms with E-state index in [0.29, 0.717) is 5.56 Å². The number of methoxy groups -OCH3 is 1. The van der Waals surface area contributed by atoms with Gasteiger partial charge in [-0.3, -0.25) is 0 Å². The molecule has 0 unspecified atom stereocenters. The molecule has 3 heterocycles. The summed E-state index contributed by atoms with van der Waals surface area (Å²) in [7, 11) is 1.43. The molecule has 0 amide bonds. The van der Waals surface area contributed by atoms with Gasteiger partial charge in [0, 0.05) is 36.0 Å². The zero-order valence-corrected chi connectivity index (χ0v) is 20.5. The SMILES string of the molecule is COC(=O)c1ccc2c(Cn3ccnc3)cn(CCCN3CCC(Cc4ccccc4)CC3)c2c1. The molecule has 35 heavy (non-hydrogen) atoms. The minimum absolute atomic E-state index is 0.297. The maximum absolute atomic E-state index is 12.1. The highest BCUT2D eigenvalue weighted by atomic mass is 16.5. The highest BCUT2D eigenvalue weighted by Gasteiger charge is 2.19. The number of carbonyl (C=O) groups excluding carboxylic acids is 1. The number of aromatic nitrogens is 3. The van der Waals surface area contributed by atoms with Crippen molar-refractivity contribution < 1.29 is 9.53 Å². The number of benzene rings is 2. The number of rotatable bonds is 9. The average Bonchev–Trinajstić information content (AvgIpc) is 3.53. The summed E-state index contributed by atoms with van der Waals surface area (Å²) in [5, 5.41) is 1.17. The Balaban J connectivity index is 1.22. The maximum Gasteiger partial charge on any atom is 0.337 e. The van der Waals surface area contributed by atoms with E-state index < -0.39 is 0 Å². The monoisotopic (exact) mass is 470 g/mol. The van der Waals surface area contributed by atoms with Crippen LogP contribution in [0.15, 0.2) is 73.4 Å². The molecule has 1 aliphatic rings. The average molecular weight is 471 g/mol. The quantitative estimate of drug-likeness (QED) is 0.323. The third-order valence-corrected chi connectivity index (χ3v) is 7.25. The van der Waals surface area contributed by atoms with E-state index in [1.807, 2.05) is 30.7 Å². The van der Waals surface area contributed by atoms with Gasteiger partial charge in [-0.1, -0.05) is 36.4 Å². The van der Waals surface area contributed by atoms with Crippen molar-refractivity contribution >= 4 is 16.9 Å². The summed E-state index contributed by atoms with van der Waals surface area (Å²) in [4.78, 5) is 18.9. The fourth-order valence-corrected chi connectivity index (χ4v) is 5.33. The molecule has 5 rings (SSSR count). The predicted octanol–water partition coefficient (Wildman–Crippen LogP) is 5.02. The number of fused-ring (bicyclic) bond motifs is 1. The lowest BCUT2D eigenvalue weighted by Gasteiger charge is -2.32. The number of nitrogens with zero attached hydrogens (tertiary/aromatic N) is 4. The molecule has 0 spiro atoms. The van der Waals surface area contributed by atoms with Gasteiger partial charge >= 0.3 is 5.97 Å². The van der Waals surface area contributed by atoms with Crippen molar-refractivity contribution in [1.29, 1.82) is 0 Å². The van der Waals surface area contributed by atoms with Crippen LogP contribution in [-0.2, 0) is 24.2 Å². The smallest absolute Gasteiger partial charge is 0.337 e. The minimum atomic E-state index is -0.297. The third kappa shape index (κ3) is 5.65. The first-order chi connectivity index (χ1) is 17.2. The standard InChI is InChI=1S/C29H34N4O2/c1-35-29(34)25-8-9-27-26(20-32-17-12-30-22-32)21-33(28(27)19-25)14-5-13-31-15-10-24(11-16-31)18-23-6-3-2-4-7-23/h2-4,6-9,12,17,19,21-22,24H,5,10-11,13-16,18,20H2,1H3. The second-order valence-electron chi connectivity index (χ2n) is 9.63. The molecule has 0 N–H and O–H groups in total. The summed E-state index contributed by atoms with van der Waals surface area (Å²) in [6.45, 7) is 5.15. The number of imidazole rings is 1. The van der Waals surface area contributed by atoms with Crippen molar-refractivity contribution in [2.24, 2.45) is 5.92 Å². The van der Waals surface area contributed by atoms with Crippen molar-refractivity contribution in [3.8, 4) is 0 Å². The Morgan fingerprint density at radius 1 is 1.09 bits per heavy atom. The van der Waals surface area contributed by atoms with E-state index in [0.717, 1.165) is 37.5 Å². The number of ether oxygens (including phenoxy) is 1. The summed E-state index contributed by atoms with van der Waals surface area (Å²) in [6, 6.07) is 16.7. The number of aryl methyl sites for hydroxylation is 1. The summed E-state index contributed by atoms with van der Waals surface area (Å²) >= 11 is 0. The first-order valence-corrected chi connectivity index (χ1v) is 12.6. The Labute approximate surface area is 207 Å². The summed E-state index contributed by atoms with van der Waals surface area (Å²) in [5.41, 5.74) is 4.37. The van der Waals surface area contributed by atoms with Crippen LogP contribution in [-0.4, -0.2) is 51.7 Å². The van der Waals surface area contributed by atoms with Crippen LogP contribution in [0.2, 0.25) is 0 Å². The van der Waals surface area contributed by atoms with Crippen LogP contribution in [0.1, 0.15) is 40.7 Å². The van der Waals surface area contributed by atoms with Crippen LogP contribution in [0.4, 0.5) is 0 Å². The van der Waals surface area contributed by atoms with Crippen molar-refractivity contribution in [1.82, 2.24) is 19.0 Å². The normalized spacial score (nSPS) is 15.0. The minimum Gasteiger partial charge on any atom is -0.465 e. The zero-order chi connectivity index (χ0) is 24.0. The number of hydrogen-bond acceptors (Lipinski definition) is 4. The lowest BCUT2D eigenvalue weighted by molar-refractivity contribution is 0.0601. The number of carbonyl (C=O) groups is 1. The Kier molecular flexibility index (Phi) is 7.28. The molecular weight excluding hydrogens is 436 g/mol. The first-order valence-electron chi connectivity index (χ1n) is 12.6. The molecule has 0 aliphatic carbocycles. The van der Waals surface area contributed by atoms with Gasteiger partial charge in [0.15, 0.2) is 0 Å². The van der Waals surface area contributed by atoms with Crippen LogP contribution >= 0.6 is 0 Å². The van der Waals surface area contributed by atoms with Gasteiger partial charge in [-0.05, 0) is 74.5 Å². The number of hydrogen-bond donors (Lipinski definition) is 0. The summed E-state index contributed by atoms with van der Waals surface area (Å²) in [5.74, 6) is 0.499. The topological polar surface area (TPSA) is 52.3 Å². The highest BCUT2D eigenvalue weighted by molar-refractivity contribution is 5.95. The number of piperidine rings is 1. The Hall–Kier alpha value is -3.38. The van der Waals surface area contributed by atoms with Gasteiger partial charge in [0.1, 0.15) is 0 Å². The third-order valence-electron chi connectivity index (χ3n) is 7.25. The molecule has 2 aromatic heterocycles. The first kappa shape index (κ1) is 23.4. The van der Waals surface area contributed by atoms with Crippen LogP contribution in [0.3, 0.4) is 0 Å². The van der Waals surface area contributed by atoms with Crippen molar-refractivity contribution in [3.05, 3.63) is 90.1 Å². The molecule has 1 saturated heterocycles. The molecule has 2 aromatic carbocycles. The van der Waals surface area contributed by atoms with Crippen LogP contribution < -0.4 is 0 Å². The van der Waals surface area contributed by atoms with Gasteiger partial charge in [0.2, 0.25) is 0 Å². The molecule has 182 valence electrons. The largest absolute Gasteiger partial charge is 0.465 e. The molecule has 0 atom stereocenters. The van der Waals surface area contributed by atoms with Crippen molar-refractivity contribution in [2.75, 3.05) is 26.7 Å². The van der Waals surface area contributed by atoms with E-state index in [-0.39, 0.29) is 5.97 Å².